The number of esters is 2. The monoisotopic (exact) mass is 270 g/mol. The maximum atomic E-state index is 12.1. The van der Waals surface area contributed by atoms with E-state index >= 15 is 0 Å². The molecule has 106 valence electrons. The van der Waals surface area contributed by atoms with Gasteiger partial charge in [-0.2, -0.15) is 0 Å². The molecule has 0 N–H and O–H groups in total. The largest absolute Gasteiger partial charge is 0.465 e. The summed E-state index contributed by atoms with van der Waals surface area (Å²) in [4.78, 5) is 24.2. The molecule has 2 saturated heterocycles. The molecule has 4 atom stereocenters. The smallest absolute Gasteiger partial charge is 0.324 e. The normalized spacial score (nSPS) is 42.7. The van der Waals surface area contributed by atoms with Crippen LogP contribution in [0.15, 0.2) is 0 Å². The Kier molecular flexibility index (Phi) is 2.66. The number of hydrogen-bond acceptors (Lipinski definition) is 6. The molecule has 0 aromatic carbocycles. The third-order valence-corrected chi connectivity index (χ3v) is 4.00. The fourth-order valence-corrected chi connectivity index (χ4v) is 3.27. The summed E-state index contributed by atoms with van der Waals surface area (Å²) >= 11 is 0. The average molecular weight is 270 g/mol. The van der Waals surface area contributed by atoms with E-state index < -0.39 is 29.2 Å². The van der Waals surface area contributed by atoms with E-state index in [9.17, 15) is 9.59 Å². The second-order valence-electron chi connectivity index (χ2n) is 5.79. The minimum absolute atomic E-state index is 0.246. The first-order chi connectivity index (χ1) is 8.88. The molecule has 2 bridgehead atoms. The van der Waals surface area contributed by atoms with Crippen LogP contribution in [0.2, 0.25) is 0 Å². The quantitative estimate of drug-likeness (QED) is 0.545. The molecule has 0 aromatic rings. The molecular weight excluding hydrogens is 252 g/mol. The summed E-state index contributed by atoms with van der Waals surface area (Å²) in [6, 6.07) is 0. The van der Waals surface area contributed by atoms with Gasteiger partial charge in [-0.25, -0.2) is 0 Å². The van der Waals surface area contributed by atoms with Crippen LogP contribution in [0.4, 0.5) is 0 Å². The van der Waals surface area contributed by atoms with Gasteiger partial charge in [0.25, 0.3) is 0 Å². The van der Waals surface area contributed by atoms with Gasteiger partial charge in [-0.05, 0) is 20.8 Å². The Morgan fingerprint density at radius 3 is 2.68 bits per heavy atom. The van der Waals surface area contributed by atoms with E-state index in [0.717, 1.165) is 0 Å². The molecule has 6 heteroatoms. The van der Waals surface area contributed by atoms with Gasteiger partial charge in [-0.1, -0.05) is 0 Å². The molecule has 0 unspecified atom stereocenters. The van der Waals surface area contributed by atoms with E-state index in [-0.39, 0.29) is 25.2 Å². The minimum Gasteiger partial charge on any atom is -0.465 e. The highest BCUT2D eigenvalue weighted by Gasteiger charge is 2.66. The first-order valence-electron chi connectivity index (χ1n) is 6.62. The van der Waals surface area contributed by atoms with Crippen molar-refractivity contribution in [2.75, 3.05) is 6.61 Å². The number of fused-ring (bicyclic) bond motifs is 4. The lowest BCUT2D eigenvalue weighted by molar-refractivity contribution is -0.174. The Morgan fingerprint density at radius 2 is 2.00 bits per heavy atom. The molecule has 3 fully saturated rings. The highest BCUT2D eigenvalue weighted by molar-refractivity contribution is 6.01. The average Bonchev–Trinajstić information content (AvgIpc) is 2.76. The summed E-state index contributed by atoms with van der Waals surface area (Å²) in [5, 5.41) is 0. The maximum Gasteiger partial charge on any atom is 0.324 e. The van der Waals surface area contributed by atoms with E-state index in [2.05, 4.69) is 0 Å². The second kappa shape index (κ2) is 3.93. The number of hydrogen-bond donors (Lipinski definition) is 0. The first-order valence-corrected chi connectivity index (χ1v) is 6.62. The zero-order valence-corrected chi connectivity index (χ0v) is 11.3. The number of rotatable bonds is 2. The zero-order valence-electron chi connectivity index (χ0n) is 11.3. The van der Waals surface area contributed by atoms with Gasteiger partial charge >= 0.3 is 11.9 Å². The molecule has 6 nitrogen and oxygen atoms in total. The first kappa shape index (κ1) is 12.9. The van der Waals surface area contributed by atoms with E-state index in [1.807, 2.05) is 13.8 Å². The Morgan fingerprint density at radius 1 is 1.32 bits per heavy atom. The Bertz CT molecular complexity index is 431. The van der Waals surface area contributed by atoms with Crippen LogP contribution in [0.5, 0.6) is 0 Å². The van der Waals surface area contributed by atoms with Crippen LogP contribution in [-0.2, 0) is 28.5 Å². The van der Waals surface area contributed by atoms with Crippen LogP contribution < -0.4 is 0 Å². The van der Waals surface area contributed by atoms with Crippen molar-refractivity contribution < 1.29 is 28.5 Å². The van der Waals surface area contributed by atoms with Crippen molar-refractivity contribution in [1.29, 1.82) is 0 Å². The molecule has 3 aliphatic rings. The van der Waals surface area contributed by atoms with E-state index in [1.165, 1.54) is 0 Å². The number of carbonyl (C=O) groups excluding carboxylic acids is 2. The second-order valence-corrected chi connectivity index (χ2v) is 5.79. The molecule has 1 saturated carbocycles. The van der Waals surface area contributed by atoms with E-state index in [0.29, 0.717) is 6.42 Å². The number of carbonyl (C=O) groups is 2. The summed E-state index contributed by atoms with van der Waals surface area (Å²) in [5.41, 5.74) is -1.20. The van der Waals surface area contributed by atoms with Crippen molar-refractivity contribution in [3.8, 4) is 0 Å². The van der Waals surface area contributed by atoms with Crippen molar-refractivity contribution >= 4 is 11.9 Å². The lowest BCUT2D eigenvalue weighted by atomic mass is 9.73. The molecule has 2 aliphatic heterocycles. The molecular formula is C13H18O6. The molecule has 3 rings (SSSR count). The van der Waals surface area contributed by atoms with Gasteiger partial charge in [0.05, 0.1) is 12.7 Å². The van der Waals surface area contributed by atoms with Gasteiger partial charge in [0.15, 0.2) is 11.2 Å². The van der Waals surface area contributed by atoms with Gasteiger partial charge in [-0.15, -0.1) is 0 Å². The van der Waals surface area contributed by atoms with Gasteiger partial charge in [0, 0.05) is 12.8 Å². The standard InChI is InChI=1S/C13H18O6/c1-4-16-10(14)13-5-7(17-11(13)15)9-8(6-13)18-12(2,3)19-9/h7-9H,4-6H2,1-3H3/t7-,8+,9-,13+/m1/s1. The fourth-order valence-electron chi connectivity index (χ4n) is 3.27. The van der Waals surface area contributed by atoms with Gasteiger partial charge in [0.2, 0.25) is 0 Å². The minimum atomic E-state index is -1.20. The third-order valence-electron chi connectivity index (χ3n) is 4.00. The molecule has 2 heterocycles. The van der Waals surface area contributed by atoms with Crippen LogP contribution in [0.3, 0.4) is 0 Å². The molecule has 1 aliphatic carbocycles. The van der Waals surface area contributed by atoms with Crippen molar-refractivity contribution in [1.82, 2.24) is 0 Å². The Balaban J connectivity index is 1.88. The van der Waals surface area contributed by atoms with Crippen LogP contribution >= 0.6 is 0 Å². The van der Waals surface area contributed by atoms with Crippen molar-refractivity contribution in [2.45, 2.75) is 57.7 Å². The topological polar surface area (TPSA) is 71.1 Å². The summed E-state index contributed by atoms with van der Waals surface area (Å²) in [6.45, 7) is 5.60. The lowest BCUT2D eigenvalue weighted by Crippen LogP contribution is -2.47. The molecule has 0 amide bonds. The molecule has 0 spiro atoms. The molecule has 0 radical (unpaired) electrons. The summed E-state index contributed by atoms with van der Waals surface area (Å²) < 4.78 is 21.9. The van der Waals surface area contributed by atoms with Crippen LogP contribution in [0, 0.1) is 5.41 Å². The molecule has 0 aromatic heterocycles. The summed E-state index contributed by atoms with van der Waals surface area (Å²) in [7, 11) is 0. The SMILES string of the molecule is CCOC(=O)[C@@]12C[C@@H]3OC(C)(C)O[C@@H]3[C@@H](C1)OC2=O. The van der Waals surface area contributed by atoms with Crippen molar-refractivity contribution in [3.05, 3.63) is 0 Å². The Hall–Kier alpha value is -1.14. The van der Waals surface area contributed by atoms with Gasteiger partial charge in [-0.3, -0.25) is 9.59 Å². The summed E-state index contributed by atoms with van der Waals surface area (Å²) in [5.74, 6) is -1.72. The van der Waals surface area contributed by atoms with Crippen molar-refractivity contribution in [3.63, 3.8) is 0 Å². The zero-order chi connectivity index (χ0) is 13.8. The molecule has 19 heavy (non-hydrogen) atoms. The summed E-state index contributed by atoms with van der Waals surface area (Å²) in [6.07, 6.45) is -0.411. The number of ether oxygens (including phenoxy) is 4. The fraction of sp³-hybridized carbons (Fsp3) is 0.846. The lowest BCUT2D eigenvalue weighted by Gasteiger charge is -2.31. The Labute approximate surface area is 111 Å². The maximum absolute atomic E-state index is 12.1. The van der Waals surface area contributed by atoms with Crippen LogP contribution in [0.25, 0.3) is 0 Å². The van der Waals surface area contributed by atoms with Gasteiger partial charge in [0.1, 0.15) is 12.2 Å². The predicted octanol–water partition coefficient (Wildman–Crippen LogP) is 0.775. The van der Waals surface area contributed by atoms with Crippen LogP contribution in [0.1, 0.15) is 33.6 Å². The third kappa shape index (κ3) is 1.77. The van der Waals surface area contributed by atoms with Crippen molar-refractivity contribution in [2.24, 2.45) is 5.41 Å². The predicted molar refractivity (Wildman–Crippen MR) is 62.0 cm³/mol. The van der Waals surface area contributed by atoms with Gasteiger partial charge < -0.3 is 18.9 Å². The van der Waals surface area contributed by atoms with E-state index in [4.69, 9.17) is 18.9 Å². The highest BCUT2D eigenvalue weighted by atomic mass is 16.8. The highest BCUT2D eigenvalue weighted by Crippen LogP contribution is 2.51. The van der Waals surface area contributed by atoms with E-state index in [1.54, 1.807) is 6.92 Å². The van der Waals surface area contributed by atoms with Crippen LogP contribution in [-0.4, -0.2) is 42.6 Å².